The standard InChI is InChI=1S/C31H32N2O2S2/c1-4-32-24-11-5-7-13-26(24)37-29(32)19-23-18-22(20-31(2,3)21-23)10-9-15-28-33(17-16-30(34)35)25-12-6-8-14-27(25)36-28/h5-15,18-19H,4,16-17,20-21H2,1-3H3/p+1. The molecule has 1 aliphatic heterocycles. The van der Waals surface area contributed by atoms with E-state index in [1.807, 2.05) is 23.9 Å². The van der Waals surface area contributed by atoms with Crippen LogP contribution in [0.25, 0.3) is 16.3 Å². The number of carboxylic acids is 1. The third kappa shape index (κ3) is 5.76. The lowest BCUT2D eigenvalue weighted by molar-refractivity contribution is -0.667. The van der Waals surface area contributed by atoms with Gasteiger partial charge in [0, 0.05) is 23.6 Å². The Labute approximate surface area is 227 Å². The maximum Gasteiger partial charge on any atom is 0.309 e. The number of fused-ring (bicyclic) bond motifs is 2. The summed E-state index contributed by atoms with van der Waals surface area (Å²) in [6, 6.07) is 16.8. The quantitative estimate of drug-likeness (QED) is 0.317. The summed E-state index contributed by atoms with van der Waals surface area (Å²) in [6.45, 7) is 8.32. The summed E-state index contributed by atoms with van der Waals surface area (Å²) in [7, 11) is 0. The summed E-state index contributed by atoms with van der Waals surface area (Å²) >= 11 is 3.56. The van der Waals surface area contributed by atoms with Crippen LogP contribution in [-0.4, -0.2) is 17.6 Å². The van der Waals surface area contributed by atoms with Gasteiger partial charge in [-0.25, -0.2) is 0 Å². The first-order valence-electron chi connectivity index (χ1n) is 12.8. The SMILES string of the molecule is CCN1C(=CC2=C/C(=C/C=C/c3sc4ccccc4[n+]3CCC(=O)O)CC(C)(C)C2)Sc2ccccc21. The normalized spacial score (nSPS) is 19.2. The van der Waals surface area contributed by atoms with Crippen molar-refractivity contribution in [2.45, 2.75) is 51.5 Å². The van der Waals surface area contributed by atoms with Crippen molar-refractivity contribution in [2.75, 3.05) is 11.4 Å². The van der Waals surface area contributed by atoms with E-state index < -0.39 is 5.97 Å². The zero-order valence-electron chi connectivity index (χ0n) is 21.6. The summed E-state index contributed by atoms with van der Waals surface area (Å²) in [5, 5.41) is 11.6. The molecule has 1 aromatic heterocycles. The maximum absolute atomic E-state index is 11.2. The van der Waals surface area contributed by atoms with Gasteiger partial charge in [0.1, 0.15) is 11.1 Å². The van der Waals surface area contributed by atoms with Gasteiger partial charge in [0.15, 0.2) is 6.54 Å². The van der Waals surface area contributed by atoms with Gasteiger partial charge in [-0.2, -0.15) is 4.57 Å². The molecule has 0 atom stereocenters. The number of carboxylic acid groups (broad SMARTS) is 1. The first-order valence-corrected chi connectivity index (χ1v) is 14.4. The second-order valence-corrected chi connectivity index (χ2v) is 12.5. The molecule has 190 valence electrons. The van der Waals surface area contributed by atoms with E-state index in [0.29, 0.717) is 6.54 Å². The van der Waals surface area contributed by atoms with E-state index in [-0.39, 0.29) is 11.8 Å². The van der Waals surface area contributed by atoms with Gasteiger partial charge in [-0.15, -0.1) is 0 Å². The molecule has 1 N–H and O–H groups in total. The van der Waals surface area contributed by atoms with Crippen LogP contribution in [0.1, 0.15) is 45.0 Å². The van der Waals surface area contributed by atoms with Gasteiger partial charge in [-0.3, -0.25) is 4.79 Å². The molecule has 2 aromatic carbocycles. The van der Waals surface area contributed by atoms with Crippen molar-refractivity contribution in [3.8, 4) is 0 Å². The molecule has 3 aromatic rings. The van der Waals surface area contributed by atoms with Gasteiger partial charge in [0.25, 0.3) is 5.01 Å². The molecule has 4 nitrogen and oxygen atoms in total. The predicted molar refractivity (Wildman–Crippen MR) is 156 cm³/mol. The minimum Gasteiger partial charge on any atom is -0.481 e. The van der Waals surface area contributed by atoms with Crippen LogP contribution in [0.2, 0.25) is 0 Å². The van der Waals surface area contributed by atoms with Gasteiger partial charge >= 0.3 is 5.97 Å². The molecule has 2 heterocycles. The number of hydrogen-bond acceptors (Lipinski definition) is 4. The summed E-state index contributed by atoms with van der Waals surface area (Å²) in [6.07, 6.45) is 13.4. The lowest BCUT2D eigenvalue weighted by Gasteiger charge is -2.31. The Hall–Kier alpha value is -3.09. The van der Waals surface area contributed by atoms with Crippen LogP contribution in [0, 0.1) is 5.41 Å². The van der Waals surface area contributed by atoms with Crippen LogP contribution in [-0.2, 0) is 11.3 Å². The average molecular weight is 530 g/mol. The molecule has 0 fully saturated rings. The Morgan fingerprint density at radius 2 is 1.92 bits per heavy atom. The van der Waals surface area contributed by atoms with E-state index in [1.165, 1.54) is 31.5 Å². The highest BCUT2D eigenvalue weighted by Gasteiger charge is 2.28. The topological polar surface area (TPSA) is 44.4 Å². The van der Waals surface area contributed by atoms with Crippen molar-refractivity contribution in [3.63, 3.8) is 0 Å². The molecule has 1 aliphatic carbocycles. The van der Waals surface area contributed by atoms with Gasteiger partial charge < -0.3 is 10.0 Å². The van der Waals surface area contributed by atoms with E-state index in [0.717, 1.165) is 29.9 Å². The molecule has 37 heavy (non-hydrogen) atoms. The lowest BCUT2D eigenvalue weighted by atomic mass is 9.75. The van der Waals surface area contributed by atoms with E-state index in [2.05, 4.69) is 97.0 Å². The van der Waals surface area contributed by atoms with Crippen molar-refractivity contribution < 1.29 is 14.5 Å². The number of aryl methyl sites for hydroxylation is 1. The number of benzene rings is 2. The molecule has 0 spiro atoms. The maximum atomic E-state index is 11.2. The minimum absolute atomic E-state index is 0.110. The van der Waals surface area contributed by atoms with E-state index in [4.69, 9.17) is 0 Å². The zero-order valence-corrected chi connectivity index (χ0v) is 23.2. The summed E-state index contributed by atoms with van der Waals surface area (Å²) in [5.41, 5.74) is 5.26. The number of hydrogen-bond donors (Lipinski definition) is 1. The Morgan fingerprint density at radius 3 is 2.73 bits per heavy atom. The summed E-state index contributed by atoms with van der Waals surface area (Å²) in [4.78, 5) is 15.0. The second kappa shape index (κ2) is 10.7. The van der Waals surface area contributed by atoms with Crippen LogP contribution < -0.4 is 9.47 Å². The van der Waals surface area contributed by atoms with E-state index >= 15 is 0 Å². The number of anilines is 1. The molecule has 0 amide bonds. The zero-order chi connectivity index (χ0) is 26.0. The Morgan fingerprint density at radius 1 is 1.14 bits per heavy atom. The molecular weight excluding hydrogens is 496 g/mol. The van der Waals surface area contributed by atoms with Crippen molar-refractivity contribution >= 4 is 51.0 Å². The van der Waals surface area contributed by atoms with Gasteiger partial charge in [-0.05, 0) is 60.6 Å². The molecule has 0 unspecified atom stereocenters. The van der Waals surface area contributed by atoms with Crippen LogP contribution in [0.5, 0.6) is 0 Å². The van der Waals surface area contributed by atoms with Gasteiger partial charge in [-0.1, -0.05) is 79.4 Å². The molecule has 0 saturated heterocycles. The fourth-order valence-electron chi connectivity index (χ4n) is 5.22. The van der Waals surface area contributed by atoms with Crippen molar-refractivity contribution in [1.82, 2.24) is 0 Å². The highest BCUT2D eigenvalue weighted by atomic mass is 32.2. The van der Waals surface area contributed by atoms with Crippen LogP contribution in [0.4, 0.5) is 5.69 Å². The number of aromatic nitrogens is 1. The molecule has 0 radical (unpaired) electrons. The van der Waals surface area contributed by atoms with E-state index in [1.54, 1.807) is 11.3 Å². The van der Waals surface area contributed by atoms with Gasteiger partial charge in [0.2, 0.25) is 5.52 Å². The molecule has 5 rings (SSSR count). The minimum atomic E-state index is -0.777. The number of para-hydroxylation sites is 2. The predicted octanol–water partition coefficient (Wildman–Crippen LogP) is 7.82. The fraction of sp³-hybridized carbons (Fsp3) is 0.290. The Kier molecular flexibility index (Phi) is 7.40. The summed E-state index contributed by atoms with van der Waals surface area (Å²) < 4.78 is 3.29. The number of carbonyl (C=O) groups is 1. The Balaban J connectivity index is 1.42. The molecular formula is C31H33N2O2S2+. The van der Waals surface area contributed by atoms with Crippen molar-refractivity contribution in [2.24, 2.45) is 5.41 Å². The second-order valence-electron chi connectivity index (χ2n) is 10.3. The van der Waals surface area contributed by atoms with Gasteiger partial charge in [0.05, 0.1) is 10.7 Å². The monoisotopic (exact) mass is 529 g/mol. The molecule has 0 saturated carbocycles. The third-order valence-corrected chi connectivity index (χ3v) is 8.98. The number of rotatable bonds is 7. The highest BCUT2D eigenvalue weighted by molar-refractivity contribution is 8.03. The molecule has 6 heteroatoms. The Bertz CT molecular complexity index is 1460. The van der Waals surface area contributed by atoms with Crippen molar-refractivity contribution in [3.05, 3.63) is 94.0 Å². The highest BCUT2D eigenvalue weighted by Crippen LogP contribution is 2.47. The number of allylic oxidation sites excluding steroid dienone is 6. The first kappa shape index (κ1) is 25.6. The lowest BCUT2D eigenvalue weighted by Crippen LogP contribution is -2.36. The largest absolute Gasteiger partial charge is 0.481 e. The van der Waals surface area contributed by atoms with Crippen molar-refractivity contribution in [1.29, 1.82) is 0 Å². The smallest absolute Gasteiger partial charge is 0.309 e. The van der Waals surface area contributed by atoms with Crippen LogP contribution >= 0.6 is 23.1 Å². The first-order chi connectivity index (χ1) is 17.8. The fourth-order valence-corrected chi connectivity index (χ4v) is 7.53. The van der Waals surface area contributed by atoms with E-state index in [9.17, 15) is 9.90 Å². The molecule has 2 aliphatic rings. The third-order valence-electron chi connectivity index (χ3n) is 6.73. The van der Waals surface area contributed by atoms with Crippen LogP contribution in [0.3, 0.4) is 0 Å². The average Bonchev–Trinajstić information content (AvgIpc) is 3.38. The number of nitrogens with zero attached hydrogens (tertiary/aromatic N) is 2. The number of thiazole rings is 1. The van der Waals surface area contributed by atoms with Crippen LogP contribution in [0.15, 0.2) is 93.9 Å². The summed E-state index contributed by atoms with van der Waals surface area (Å²) in [5.74, 6) is -0.777. The molecule has 0 bridgehead atoms. The number of aliphatic carboxylic acids is 1. The number of thioether (sulfide) groups is 1.